The number of hydrogen-bond donors (Lipinski definition) is 0. The van der Waals surface area contributed by atoms with Crippen LogP contribution in [0, 0.1) is 10.8 Å². The third-order valence-corrected chi connectivity index (χ3v) is 4.74. The molecule has 2 aliphatic heterocycles. The zero-order valence-electron chi connectivity index (χ0n) is 9.59. The molecule has 2 nitrogen and oxygen atoms in total. The van der Waals surface area contributed by atoms with Crippen molar-refractivity contribution in [1.29, 1.82) is 0 Å². The zero-order chi connectivity index (χ0) is 10.2. The Morgan fingerprint density at radius 1 is 0.600 bits per heavy atom. The maximum atomic E-state index is 5.25. The molecular formula is C13H22O2. The van der Waals surface area contributed by atoms with Gasteiger partial charge in [0.15, 0.2) is 0 Å². The van der Waals surface area contributed by atoms with E-state index in [1.165, 1.54) is 44.9 Å². The lowest BCUT2D eigenvalue weighted by molar-refractivity contribution is -0.155. The Balaban J connectivity index is 0.0000000971. The summed E-state index contributed by atoms with van der Waals surface area (Å²) in [6, 6.07) is 0. The summed E-state index contributed by atoms with van der Waals surface area (Å²) in [6.45, 7) is 4.18. The lowest BCUT2D eigenvalue weighted by Gasteiger charge is -2.48. The molecule has 0 aromatic rings. The van der Waals surface area contributed by atoms with Gasteiger partial charge >= 0.3 is 0 Å². The second-order valence-electron chi connectivity index (χ2n) is 5.96. The van der Waals surface area contributed by atoms with Gasteiger partial charge in [-0.1, -0.05) is 6.42 Å². The Morgan fingerprint density at radius 2 is 1.27 bits per heavy atom. The lowest BCUT2D eigenvalue weighted by atomic mass is 9.67. The van der Waals surface area contributed by atoms with Gasteiger partial charge in [0.25, 0.3) is 0 Å². The Morgan fingerprint density at radius 3 is 1.47 bits per heavy atom. The Kier molecular flexibility index (Phi) is 2.52. The second-order valence-corrected chi connectivity index (χ2v) is 5.96. The first-order chi connectivity index (χ1) is 7.33. The molecule has 0 bridgehead atoms. The highest BCUT2D eigenvalue weighted by molar-refractivity contribution is 4.94. The van der Waals surface area contributed by atoms with Gasteiger partial charge in [0.05, 0.1) is 13.2 Å². The summed E-state index contributed by atoms with van der Waals surface area (Å²) < 4.78 is 10.3. The first-order valence-corrected chi connectivity index (χ1v) is 6.48. The van der Waals surface area contributed by atoms with E-state index < -0.39 is 0 Å². The van der Waals surface area contributed by atoms with Crippen molar-refractivity contribution >= 4 is 0 Å². The van der Waals surface area contributed by atoms with Gasteiger partial charge in [0.2, 0.25) is 0 Å². The van der Waals surface area contributed by atoms with Gasteiger partial charge in [-0.15, -0.1) is 0 Å². The van der Waals surface area contributed by atoms with Crippen LogP contribution in [0.3, 0.4) is 0 Å². The Labute approximate surface area is 92.3 Å². The van der Waals surface area contributed by atoms with E-state index in [0.29, 0.717) is 0 Å². The van der Waals surface area contributed by atoms with Crippen molar-refractivity contribution in [3.05, 3.63) is 0 Å². The van der Waals surface area contributed by atoms with Crippen LogP contribution in [0.4, 0.5) is 0 Å². The van der Waals surface area contributed by atoms with Gasteiger partial charge in [-0.05, 0) is 43.9 Å². The van der Waals surface area contributed by atoms with Crippen LogP contribution < -0.4 is 0 Å². The van der Waals surface area contributed by atoms with E-state index in [4.69, 9.17) is 9.47 Å². The minimum atomic E-state index is 0.722. The molecule has 15 heavy (non-hydrogen) atoms. The fraction of sp³-hybridized carbons (Fsp3) is 1.00. The van der Waals surface area contributed by atoms with E-state index in [1.807, 2.05) is 0 Å². The first-order valence-electron chi connectivity index (χ1n) is 6.48. The van der Waals surface area contributed by atoms with Crippen LogP contribution in [0.1, 0.15) is 44.9 Å². The fourth-order valence-electron chi connectivity index (χ4n) is 2.84. The standard InChI is InChI=1S/C7H12O.C6H10O/c1-2-7(1)3-5-8-6-4-7;1-2-6(3-1)4-7-5-6/h1-6H2;1-5H2. The largest absolute Gasteiger partial charge is 0.381 e. The normalized spacial score (nSPS) is 33.6. The number of rotatable bonds is 0. The van der Waals surface area contributed by atoms with E-state index in [9.17, 15) is 0 Å². The van der Waals surface area contributed by atoms with Crippen LogP contribution in [-0.2, 0) is 9.47 Å². The van der Waals surface area contributed by atoms with Crippen LogP contribution in [-0.4, -0.2) is 26.4 Å². The number of ether oxygens (including phenoxy) is 2. The van der Waals surface area contributed by atoms with Crippen LogP contribution in [0.2, 0.25) is 0 Å². The summed E-state index contributed by atoms with van der Waals surface area (Å²) in [7, 11) is 0. The molecule has 2 saturated heterocycles. The van der Waals surface area contributed by atoms with Crippen LogP contribution >= 0.6 is 0 Å². The maximum Gasteiger partial charge on any atom is 0.0544 e. The molecule has 0 unspecified atom stereocenters. The summed E-state index contributed by atoms with van der Waals surface area (Å²) in [5.41, 5.74) is 1.53. The molecule has 0 amide bonds. The number of hydrogen-bond acceptors (Lipinski definition) is 2. The smallest absolute Gasteiger partial charge is 0.0544 e. The summed E-state index contributed by atoms with van der Waals surface area (Å²) in [6.07, 6.45) is 9.97. The van der Waals surface area contributed by atoms with Crippen molar-refractivity contribution in [2.24, 2.45) is 10.8 Å². The molecule has 2 aliphatic carbocycles. The summed E-state index contributed by atoms with van der Waals surface area (Å²) in [5.74, 6) is 0. The second kappa shape index (κ2) is 3.74. The molecule has 4 rings (SSSR count). The summed E-state index contributed by atoms with van der Waals surface area (Å²) >= 11 is 0. The van der Waals surface area contributed by atoms with Crippen molar-refractivity contribution in [1.82, 2.24) is 0 Å². The molecule has 0 atom stereocenters. The molecule has 86 valence electrons. The highest BCUT2D eigenvalue weighted by Crippen LogP contribution is 2.53. The average Bonchev–Trinajstić information content (AvgIpc) is 2.82. The van der Waals surface area contributed by atoms with Gasteiger partial charge < -0.3 is 9.47 Å². The zero-order valence-corrected chi connectivity index (χ0v) is 9.59. The fourth-order valence-corrected chi connectivity index (χ4v) is 2.84. The SMILES string of the molecule is C1CC2(C1)COC2.C1CC2(CCO1)CC2. The van der Waals surface area contributed by atoms with Gasteiger partial charge in [0, 0.05) is 18.6 Å². The van der Waals surface area contributed by atoms with Crippen molar-refractivity contribution in [3.63, 3.8) is 0 Å². The third kappa shape index (κ3) is 2.07. The molecule has 2 spiro atoms. The van der Waals surface area contributed by atoms with Gasteiger partial charge in [-0.25, -0.2) is 0 Å². The highest BCUT2D eigenvalue weighted by Gasteiger charge is 2.43. The lowest BCUT2D eigenvalue weighted by Crippen LogP contribution is -2.47. The van der Waals surface area contributed by atoms with Crippen LogP contribution in [0.25, 0.3) is 0 Å². The van der Waals surface area contributed by atoms with E-state index in [0.717, 1.165) is 37.3 Å². The van der Waals surface area contributed by atoms with Crippen LogP contribution in [0.15, 0.2) is 0 Å². The van der Waals surface area contributed by atoms with Gasteiger partial charge in [0.1, 0.15) is 0 Å². The van der Waals surface area contributed by atoms with Crippen molar-refractivity contribution < 1.29 is 9.47 Å². The molecule has 4 fully saturated rings. The Hall–Kier alpha value is -0.0800. The summed E-state index contributed by atoms with van der Waals surface area (Å²) in [5, 5.41) is 0. The Bertz CT molecular complexity index is 201. The van der Waals surface area contributed by atoms with E-state index in [-0.39, 0.29) is 0 Å². The molecule has 2 saturated carbocycles. The predicted octanol–water partition coefficient (Wildman–Crippen LogP) is 2.76. The summed E-state index contributed by atoms with van der Waals surface area (Å²) in [4.78, 5) is 0. The van der Waals surface area contributed by atoms with Gasteiger partial charge in [-0.3, -0.25) is 0 Å². The molecule has 0 N–H and O–H groups in total. The molecule has 0 aromatic heterocycles. The monoisotopic (exact) mass is 210 g/mol. The third-order valence-electron chi connectivity index (χ3n) is 4.74. The molecular weight excluding hydrogens is 188 g/mol. The molecule has 0 radical (unpaired) electrons. The predicted molar refractivity (Wildman–Crippen MR) is 58.8 cm³/mol. The van der Waals surface area contributed by atoms with Crippen molar-refractivity contribution in [2.45, 2.75) is 44.9 Å². The minimum Gasteiger partial charge on any atom is -0.381 e. The van der Waals surface area contributed by atoms with Crippen LogP contribution in [0.5, 0.6) is 0 Å². The van der Waals surface area contributed by atoms with Gasteiger partial charge in [-0.2, -0.15) is 0 Å². The highest BCUT2D eigenvalue weighted by atomic mass is 16.5. The molecule has 0 aromatic carbocycles. The van der Waals surface area contributed by atoms with E-state index in [2.05, 4.69) is 0 Å². The topological polar surface area (TPSA) is 18.5 Å². The maximum absolute atomic E-state index is 5.25. The van der Waals surface area contributed by atoms with E-state index in [1.54, 1.807) is 0 Å². The molecule has 2 heterocycles. The quantitative estimate of drug-likeness (QED) is 0.612. The first kappa shape index (κ1) is 10.1. The van der Waals surface area contributed by atoms with Crippen molar-refractivity contribution in [3.8, 4) is 0 Å². The minimum absolute atomic E-state index is 0.722. The van der Waals surface area contributed by atoms with E-state index >= 15 is 0 Å². The average molecular weight is 210 g/mol. The van der Waals surface area contributed by atoms with Crippen molar-refractivity contribution in [2.75, 3.05) is 26.4 Å². The molecule has 4 aliphatic rings. The molecule has 2 heteroatoms.